The number of hydrogen-bond acceptors (Lipinski definition) is 3. The Balaban J connectivity index is 2.04. The topological polar surface area (TPSA) is 46.9 Å². The number of fused-ring (bicyclic) bond motifs is 1. The van der Waals surface area contributed by atoms with Gasteiger partial charge >= 0.3 is 0 Å². The molecule has 0 aliphatic carbocycles. The molecule has 0 radical (unpaired) electrons. The molecule has 0 saturated carbocycles. The molecule has 1 atom stereocenters. The lowest BCUT2D eigenvalue weighted by Crippen LogP contribution is -2.39. The molecule has 26 heavy (non-hydrogen) atoms. The monoisotopic (exact) mass is 427 g/mol. The number of benzene rings is 2. The van der Waals surface area contributed by atoms with E-state index in [2.05, 4.69) is 10.3 Å². The third-order valence-corrected chi connectivity index (χ3v) is 5.33. The van der Waals surface area contributed by atoms with E-state index in [-0.39, 0.29) is 5.91 Å². The van der Waals surface area contributed by atoms with Crippen molar-refractivity contribution in [3.63, 3.8) is 0 Å². The first kappa shape index (κ1) is 19.4. The highest BCUT2D eigenvalue weighted by atomic mass is 35.6. The lowest BCUT2D eigenvalue weighted by Gasteiger charge is -2.28. The SMILES string of the molecule is CC(=O)NC(n1c(SCc2ccccc2)nc2ccccc21)C(Cl)(Cl)Cl. The molecule has 1 unspecified atom stereocenters. The van der Waals surface area contributed by atoms with Crippen molar-refractivity contribution in [1.29, 1.82) is 0 Å². The zero-order valence-electron chi connectivity index (χ0n) is 13.8. The van der Waals surface area contributed by atoms with Gasteiger partial charge < -0.3 is 5.32 Å². The van der Waals surface area contributed by atoms with Crippen LogP contribution in [0.25, 0.3) is 11.0 Å². The van der Waals surface area contributed by atoms with Gasteiger partial charge in [-0.25, -0.2) is 4.98 Å². The van der Waals surface area contributed by atoms with E-state index in [4.69, 9.17) is 34.8 Å². The smallest absolute Gasteiger partial charge is 0.229 e. The van der Waals surface area contributed by atoms with Crippen molar-refractivity contribution < 1.29 is 4.79 Å². The minimum absolute atomic E-state index is 0.293. The summed E-state index contributed by atoms with van der Waals surface area (Å²) in [6, 6.07) is 17.6. The van der Waals surface area contributed by atoms with Crippen molar-refractivity contribution in [2.45, 2.75) is 27.8 Å². The quantitative estimate of drug-likeness (QED) is 0.441. The van der Waals surface area contributed by atoms with Crippen LogP contribution in [0.1, 0.15) is 18.7 Å². The molecule has 3 aromatic rings. The fourth-order valence-electron chi connectivity index (χ4n) is 2.58. The number of nitrogens with zero attached hydrogens (tertiary/aromatic N) is 2. The number of carbonyl (C=O) groups excluding carboxylic acids is 1. The molecule has 1 heterocycles. The molecule has 0 bridgehead atoms. The van der Waals surface area contributed by atoms with E-state index >= 15 is 0 Å². The summed E-state index contributed by atoms with van der Waals surface area (Å²) in [7, 11) is 0. The Morgan fingerprint density at radius 3 is 2.46 bits per heavy atom. The highest BCUT2D eigenvalue weighted by Gasteiger charge is 2.37. The van der Waals surface area contributed by atoms with Crippen LogP contribution in [0.5, 0.6) is 0 Å². The third kappa shape index (κ3) is 4.46. The molecule has 0 fully saturated rings. The molecular formula is C18H16Cl3N3OS. The second-order valence-electron chi connectivity index (χ2n) is 5.67. The second kappa shape index (κ2) is 8.09. The van der Waals surface area contributed by atoms with Crippen molar-refractivity contribution >= 4 is 63.5 Å². The summed E-state index contributed by atoms with van der Waals surface area (Å²) < 4.78 is 0.0362. The molecule has 1 aromatic heterocycles. The van der Waals surface area contributed by atoms with Crippen LogP contribution in [0.3, 0.4) is 0 Å². The Morgan fingerprint density at radius 2 is 1.81 bits per heavy atom. The lowest BCUT2D eigenvalue weighted by molar-refractivity contribution is -0.120. The van der Waals surface area contributed by atoms with Crippen LogP contribution in [0.2, 0.25) is 0 Å². The van der Waals surface area contributed by atoms with Crippen molar-refractivity contribution in [3.05, 3.63) is 60.2 Å². The van der Waals surface area contributed by atoms with E-state index in [0.29, 0.717) is 10.9 Å². The molecule has 0 aliphatic rings. The first-order valence-electron chi connectivity index (χ1n) is 7.84. The Bertz CT molecular complexity index is 909. The fourth-order valence-corrected chi connectivity index (χ4v) is 4.03. The second-order valence-corrected chi connectivity index (χ2v) is 8.98. The Morgan fingerprint density at radius 1 is 1.15 bits per heavy atom. The minimum atomic E-state index is -1.74. The van der Waals surface area contributed by atoms with Crippen molar-refractivity contribution in [1.82, 2.24) is 14.9 Å². The van der Waals surface area contributed by atoms with E-state index in [1.54, 1.807) is 4.57 Å². The number of para-hydroxylation sites is 2. The number of nitrogens with one attached hydrogen (secondary N) is 1. The van der Waals surface area contributed by atoms with Gasteiger partial charge in [0.2, 0.25) is 9.70 Å². The van der Waals surface area contributed by atoms with Gasteiger partial charge in [0, 0.05) is 12.7 Å². The van der Waals surface area contributed by atoms with Gasteiger partial charge in [-0.15, -0.1) is 0 Å². The molecule has 3 rings (SSSR count). The summed E-state index contributed by atoms with van der Waals surface area (Å²) in [5, 5.41) is 3.39. The van der Waals surface area contributed by atoms with Gasteiger partial charge in [-0.05, 0) is 17.7 Å². The predicted molar refractivity (Wildman–Crippen MR) is 109 cm³/mol. The Labute approximate surface area is 170 Å². The summed E-state index contributed by atoms with van der Waals surface area (Å²) in [6.45, 7) is 1.39. The molecule has 1 amide bonds. The maximum absolute atomic E-state index is 11.7. The zero-order valence-corrected chi connectivity index (χ0v) is 16.9. The standard InChI is InChI=1S/C18H16Cl3N3OS/c1-12(25)22-16(18(19,20)21)24-15-10-6-5-9-14(15)23-17(24)26-11-13-7-3-2-4-8-13/h2-10,16H,11H2,1H3,(H,22,25). The van der Waals surface area contributed by atoms with Crippen LogP contribution in [0.4, 0.5) is 0 Å². The molecule has 136 valence electrons. The molecule has 0 aliphatic heterocycles. The summed E-state index contributed by atoms with van der Waals surface area (Å²) >= 11 is 20.1. The van der Waals surface area contributed by atoms with E-state index in [9.17, 15) is 4.79 Å². The first-order valence-corrected chi connectivity index (χ1v) is 9.95. The van der Waals surface area contributed by atoms with Crippen molar-refractivity contribution in [3.8, 4) is 0 Å². The molecule has 2 aromatic carbocycles. The number of thioether (sulfide) groups is 1. The van der Waals surface area contributed by atoms with Crippen molar-refractivity contribution in [2.75, 3.05) is 0 Å². The molecule has 0 spiro atoms. The maximum atomic E-state index is 11.7. The summed E-state index contributed by atoms with van der Waals surface area (Å²) in [4.78, 5) is 16.4. The Hall–Kier alpha value is -1.40. The minimum Gasteiger partial charge on any atom is -0.332 e. The van der Waals surface area contributed by atoms with Crippen LogP contribution in [0, 0.1) is 0 Å². The number of rotatable bonds is 5. The van der Waals surface area contributed by atoms with Gasteiger partial charge in [0.1, 0.15) is 0 Å². The normalized spacial score (nSPS) is 12.9. The lowest BCUT2D eigenvalue weighted by atomic mass is 10.2. The van der Waals surface area contributed by atoms with Crippen LogP contribution >= 0.6 is 46.6 Å². The third-order valence-electron chi connectivity index (χ3n) is 3.68. The predicted octanol–water partition coefficient (Wildman–Crippen LogP) is 5.33. The number of carbonyl (C=O) groups is 1. The summed E-state index contributed by atoms with van der Waals surface area (Å²) in [5.41, 5.74) is 2.71. The summed E-state index contributed by atoms with van der Waals surface area (Å²) in [6.07, 6.45) is -0.879. The fraction of sp³-hybridized carbons (Fsp3) is 0.222. The molecule has 1 N–H and O–H groups in total. The number of imidazole rings is 1. The van der Waals surface area contributed by atoms with E-state index in [0.717, 1.165) is 16.6 Å². The number of hydrogen-bond donors (Lipinski definition) is 1. The van der Waals surface area contributed by atoms with Crippen LogP contribution < -0.4 is 5.32 Å². The summed E-state index contributed by atoms with van der Waals surface area (Å²) in [5.74, 6) is 0.412. The van der Waals surface area contributed by atoms with Gasteiger partial charge in [0.05, 0.1) is 11.0 Å². The zero-order chi connectivity index (χ0) is 18.7. The highest BCUT2D eigenvalue weighted by Crippen LogP contribution is 2.41. The maximum Gasteiger partial charge on any atom is 0.229 e. The Kier molecular flexibility index (Phi) is 6.03. The van der Waals surface area contributed by atoms with Gasteiger partial charge in [0.25, 0.3) is 0 Å². The average molecular weight is 429 g/mol. The van der Waals surface area contributed by atoms with E-state index < -0.39 is 9.96 Å². The molecule has 0 saturated heterocycles. The van der Waals surface area contributed by atoms with Gasteiger partial charge in [-0.2, -0.15) is 0 Å². The molecule has 4 nitrogen and oxygen atoms in total. The highest BCUT2D eigenvalue weighted by molar-refractivity contribution is 7.98. The van der Waals surface area contributed by atoms with Crippen LogP contribution in [-0.4, -0.2) is 19.3 Å². The van der Waals surface area contributed by atoms with Crippen LogP contribution in [-0.2, 0) is 10.5 Å². The molecular weight excluding hydrogens is 413 g/mol. The average Bonchev–Trinajstić information content (AvgIpc) is 2.96. The number of halogens is 3. The number of aromatic nitrogens is 2. The van der Waals surface area contributed by atoms with Crippen LogP contribution in [0.15, 0.2) is 59.8 Å². The number of amides is 1. The largest absolute Gasteiger partial charge is 0.332 e. The molecule has 8 heteroatoms. The first-order chi connectivity index (χ1) is 12.4. The van der Waals surface area contributed by atoms with E-state index in [1.165, 1.54) is 18.7 Å². The van der Waals surface area contributed by atoms with Gasteiger partial charge in [0.15, 0.2) is 11.3 Å². The van der Waals surface area contributed by atoms with Crippen molar-refractivity contribution in [2.24, 2.45) is 0 Å². The van der Waals surface area contributed by atoms with Gasteiger partial charge in [-0.1, -0.05) is 89.0 Å². The number of alkyl halides is 3. The van der Waals surface area contributed by atoms with E-state index in [1.807, 2.05) is 54.6 Å². The van der Waals surface area contributed by atoms with Gasteiger partial charge in [-0.3, -0.25) is 9.36 Å².